The molecule has 122 valence electrons. The number of amides is 1. The van der Waals surface area contributed by atoms with E-state index in [2.05, 4.69) is 10.3 Å². The molecule has 8 nitrogen and oxygen atoms in total. The van der Waals surface area contributed by atoms with E-state index in [1.54, 1.807) is 18.7 Å². The SMILES string of the molecule is CNC(=O)[C@]12CCOC[C@H]1CN(S(=O)(=O)c1cn(C)cn1)C2. The Balaban J connectivity index is 1.93. The van der Waals surface area contributed by atoms with Crippen molar-refractivity contribution in [2.24, 2.45) is 18.4 Å². The second-order valence-corrected chi connectivity index (χ2v) is 7.82. The molecular formula is C13H20N4O4S. The predicted molar refractivity (Wildman–Crippen MR) is 77.4 cm³/mol. The lowest BCUT2D eigenvalue weighted by Gasteiger charge is -2.36. The molecule has 0 aromatic carbocycles. The molecule has 2 atom stereocenters. The van der Waals surface area contributed by atoms with E-state index in [1.807, 2.05) is 0 Å². The molecule has 0 bridgehead atoms. The Labute approximate surface area is 129 Å². The summed E-state index contributed by atoms with van der Waals surface area (Å²) in [7, 11) is -0.389. The number of nitrogens with zero attached hydrogens (tertiary/aromatic N) is 3. The maximum atomic E-state index is 12.7. The molecule has 0 unspecified atom stereocenters. The van der Waals surface area contributed by atoms with Crippen LogP contribution >= 0.6 is 0 Å². The van der Waals surface area contributed by atoms with Gasteiger partial charge in [-0.1, -0.05) is 0 Å². The zero-order valence-corrected chi connectivity index (χ0v) is 13.5. The number of aromatic nitrogens is 2. The highest BCUT2D eigenvalue weighted by atomic mass is 32.2. The van der Waals surface area contributed by atoms with Crippen molar-refractivity contribution in [3.8, 4) is 0 Å². The van der Waals surface area contributed by atoms with E-state index in [-0.39, 0.29) is 29.9 Å². The third kappa shape index (κ3) is 2.24. The van der Waals surface area contributed by atoms with Gasteiger partial charge in [0.1, 0.15) is 0 Å². The van der Waals surface area contributed by atoms with Crippen LogP contribution in [0, 0.1) is 11.3 Å². The second kappa shape index (κ2) is 5.32. The van der Waals surface area contributed by atoms with Crippen molar-refractivity contribution in [2.75, 3.05) is 33.4 Å². The van der Waals surface area contributed by atoms with Crippen LogP contribution in [0.2, 0.25) is 0 Å². The third-order valence-electron chi connectivity index (χ3n) is 4.64. The molecule has 9 heteroatoms. The van der Waals surface area contributed by atoms with Crippen LogP contribution in [0.5, 0.6) is 0 Å². The molecule has 2 fully saturated rings. The van der Waals surface area contributed by atoms with Crippen LogP contribution in [0.4, 0.5) is 0 Å². The molecule has 0 radical (unpaired) electrons. The van der Waals surface area contributed by atoms with Gasteiger partial charge in [-0.15, -0.1) is 0 Å². The Kier molecular flexibility index (Phi) is 3.74. The van der Waals surface area contributed by atoms with Gasteiger partial charge in [-0.25, -0.2) is 13.4 Å². The summed E-state index contributed by atoms with van der Waals surface area (Å²) in [5, 5.41) is 2.69. The fourth-order valence-corrected chi connectivity index (χ4v) is 4.88. The Hall–Kier alpha value is -1.45. The minimum Gasteiger partial charge on any atom is -0.381 e. The van der Waals surface area contributed by atoms with Gasteiger partial charge in [-0.3, -0.25) is 4.79 Å². The van der Waals surface area contributed by atoms with E-state index in [9.17, 15) is 13.2 Å². The first-order chi connectivity index (χ1) is 10.4. The normalized spacial score (nSPS) is 29.3. The summed E-state index contributed by atoms with van der Waals surface area (Å²) in [5.41, 5.74) is -0.700. The van der Waals surface area contributed by atoms with Crippen LogP contribution in [-0.2, 0) is 26.6 Å². The number of carbonyl (C=O) groups is 1. The number of carbonyl (C=O) groups excluding carboxylic acids is 1. The van der Waals surface area contributed by atoms with Crippen LogP contribution in [0.25, 0.3) is 0 Å². The average molecular weight is 328 g/mol. The molecule has 1 aromatic rings. The fourth-order valence-electron chi connectivity index (χ4n) is 3.36. The molecule has 3 heterocycles. The Morgan fingerprint density at radius 3 is 2.95 bits per heavy atom. The molecule has 0 saturated carbocycles. The van der Waals surface area contributed by atoms with E-state index in [1.165, 1.54) is 16.8 Å². The summed E-state index contributed by atoms with van der Waals surface area (Å²) >= 11 is 0. The molecule has 1 N–H and O–H groups in total. The van der Waals surface area contributed by atoms with Gasteiger partial charge in [0.25, 0.3) is 10.0 Å². The first-order valence-corrected chi connectivity index (χ1v) is 8.62. The number of nitrogens with one attached hydrogen (secondary N) is 1. The van der Waals surface area contributed by atoms with Crippen molar-refractivity contribution >= 4 is 15.9 Å². The predicted octanol–water partition coefficient (Wildman–Crippen LogP) is -0.807. The molecular weight excluding hydrogens is 308 g/mol. The van der Waals surface area contributed by atoms with Gasteiger partial charge in [0.2, 0.25) is 5.91 Å². The quantitative estimate of drug-likeness (QED) is 0.783. The maximum absolute atomic E-state index is 12.7. The van der Waals surface area contributed by atoms with E-state index in [0.29, 0.717) is 19.6 Å². The van der Waals surface area contributed by atoms with Crippen molar-refractivity contribution in [3.63, 3.8) is 0 Å². The lowest BCUT2D eigenvalue weighted by atomic mass is 9.73. The standard InChI is InChI=1S/C13H20N4O4S/c1-14-12(18)13-3-4-21-7-10(13)5-17(8-13)22(19,20)11-6-16(2)9-15-11/h6,9-10H,3-5,7-8H2,1-2H3,(H,14,18)/t10-,13+/m1/s1. The fraction of sp³-hybridized carbons (Fsp3) is 0.692. The monoisotopic (exact) mass is 328 g/mol. The van der Waals surface area contributed by atoms with Crippen molar-refractivity contribution < 1.29 is 17.9 Å². The third-order valence-corrected chi connectivity index (χ3v) is 6.34. The summed E-state index contributed by atoms with van der Waals surface area (Å²) in [6, 6.07) is 0. The molecule has 22 heavy (non-hydrogen) atoms. The highest BCUT2D eigenvalue weighted by Gasteiger charge is 2.55. The number of hydrogen-bond acceptors (Lipinski definition) is 5. The highest BCUT2D eigenvalue weighted by molar-refractivity contribution is 7.89. The van der Waals surface area contributed by atoms with Gasteiger partial charge in [-0.05, 0) is 6.42 Å². The van der Waals surface area contributed by atoms with E-state index >= 15 is 0 Å². The summed E-state index contributed by atoms with van der Waals surface area (Å²) in [4.78, 5) is 16.3. The lowest BCUT2D eigenvalue weighted by molar-refractivity contribution is -0.138. The number of imidazole rings is 1. The van der Waals surface area contributed by atoms with Crippen LogP contribution in [0.1, 0.15) is 6.42 Å². The minimum atomic E-state index is -3.69. The minimum absolute atomic E-state index is 0.0154. The first kappa shape index (κ1) is 15.4. The summed E-state index contributed by atoms with van der Waals surface area (Å²) in [6.45, 7) is 1.34. The lowest BCUT2D eigenvalue weighted by Crippen LogP contribution is -2.49. The Bertz CT molecular complexity index is 686. The Morgan fingerprint density at radius 1 is 1.55 bits per heavy atom. The van der Waals surface area contributed by atoms with E-state index < -0.39 is 15.4 Å². The zero-order valence-electron chi connectivity index (χ0n) is 12.7. The number of aryl methyl sites for hydroxylation is 1. The summed E-state index contributed by atoms with van der Waals surface area (Å²) < 4.78 is 33.9. The van der Waals surface area contributed by atoms with Crippen LogP contribution in [-0.4, -0.2) is 61.5 Å². The number of rotatable bonds is 3. The van der Waals surface area contributed by atoms with Gasteiger partial charge in [0.05, 0.1) is 18.3 Å². The molecule has 2 aliphatic heterocycles. The zero-order chi connectivity index (χ0) is 16.0. The molecule has 0 aliphatic carbocycles. The maximum Gasteiger partial charge on any atom is 0.262 e. The van der Waals surface area contributed by atoms with Crippen molar-refractivity contribution in [2.45, 2.75) is 11.4 Å². The average Bonchev–Trinajstić information content (AvgIpc) is 3.11. The largest absolute Gasteiger partial charge is 0.381 e. The number of sulfonamides is 1. The van der Waals surface area contributed by atoms with Crippen molar-refractivity contribution in [3.05, 3.63) is 12.5 Å². The number of fused-ring (bicyclic) bond motifs is 1. The van der Waals surface area contributed by atoms with Crippen LogP contribution in [0.3, 0.4) is 0 Å². The Morgan fingerprint density at radius 2 is 2.32 bits per heavy atom. The van der Waals surface area contributed by atoms with Crippen molar-refractivity contribution in [1.29, 1.82) is 0 Å². The van der Waals surface area contributed by atoms with E-state index in [4.69, 9.17) is 4.74 Å². The van der Waals surface area contributed by atoms with Crippen molar-refractivity contribution in [1.82, 2.24) is 19.2 Å². The molecule has 3 rings (SSSR count). The smallest absolute Gasteiger partial charge is 0.262 e. The first-order valence-electron chi connectivity index (χ1n) is 7.18. The van der Waals surface area contributed by atoms with Gasteiger partial charge < -0.3 is 14.6 Å². The van der Waals surface area contributed by atoms with Crippen LogP contribution in [0.15, 0.2) is 17.6 Å². The van der Waals surface area contributed by atoms with Crippen LogP contribution < -0.4 is 5.32 Å². The topological polar surface area (TPSA) is 93.5 Å². The summed E-state index contributed by atoms with van der Waals surface area (Å²) in [6.07, 6.45) is 3.46. The highest BCUT2D eigenvalue weighted by Crippen LogP contribution is 2.44. The number of hydrogen-bond donors (Lipinski definition) is 1. The van der Waals surface area contributed by atoms with Gasteiger partial charge in [0, 0.05) is 45.9 Å². The van der Waals surface area contributed by atoms with E-state index in [0.717, 1.165) is 0 Å². The van der Waals surface area contributed by atoms with Gasteiger partial charge >= 0.3 is 0 Å². The van der Waals surface area contributed by atoms with Gasteiger partial charge in [-0.2, -0.15) is 4.31 Å². The molecule has 1 amide bonds. The molecule has 1 aromatic heterocycles. The molecule has 0 spiro atoms. The van der Waals surface area contributed by atoms with Gasteiger partial charge in [0.15, 0.2) is 5.03 Å². The molecule has 2 aliphatic rings. The molecule has 2 saturated heterocycles. The summed E-state index contributed by atoms with van der Waals surface area (Å²) in [5.74, 6) is -0.237. The second-order valence-electron chi connectivity index (χ2n) is 5.93. The number of ether oxygens (including phenoxy) is 1.